The summed E-state index contributed by atoms with van der Waals surface area (Å²) in [7, 11) is 0. The van der Waals surface area contributed by atoms with Crippen molar-refractivity contribution in [2.45, 2.75) is 51.4 Å². The zero-order valence-electron chi connectivity index (χ0n) is 15.7. The van der Waals surface area contributed by atoms with Gasteiger partial charge in [-0.2, -0.15) is 0 Å². The molecular weight excluding hydrogens is 320 g/mol. The Labute approximate surface area is 156 Å². The van der Waals surface area contributed by atoms with Crippen molar-refractivity contribution in [2.24, 2.45) is 5.92 Å². The summed E-state index contributed by atoms with van der Waals surface area (Å²) in [5.41, 5.74) is 4.66. The van der Waals surface area contributed by atoms with E-state index in [2.05, 4.69) is 48.2 Å². The van der Waals surface area contributed by atoms with E-state index in [0.29, 0.717) is 11.8 Å². The monoisotopic (exact) mass is 348 g/mol. The number of nitrogens with zero attached hydrogens (tertiary/aromatic N) is 2. The van der Waals surface area contributed by atoms with Gasteiger partial charge in [-0.15, -0.1) is 0 Å². The molecule has 0 N–H and O–H groups in total. The third kappa shape index (κ3) is 3.67. The van der Waals surface area contributed by atoms with E-state index in [1.807, 2.05) is 6.07 Å². The van der Waals surface area contributed by atoms with Gasteiger partial charge in [0.2, 0.25) is 5.91 Å². The lowest BCUT2D eigenvalue weighted by Gasteiger charge is -2.34. The minimum Gasteiger partial charge on any atom is -0.342 e. The smallest absolute Gasteiger partial charge is 0.225 e. The van der Waals surface area contributed by atoms with Crippen LogP contribution in [-0.4, -0.2) is 28.9 Å². The molecule has 0 radical (unpaired) electrons. The van der Waals surface area contributed by atoms with Crippen molar-refractivity contribution in [1.29, 1.82) is 0 Å². The summed E-state index contributed by atoms with van der Waals surface area (Å²) in [5.74, 6) is 1.03. The predicted octanol–water partition coefficient (Wildman–Crippen LogP) is 4.95. The average molecular weight is 348 g/mol. The van der Waals surface area contributed by atoms with Crippen molar-refractivity contribution >= 4 is 5.91 Å². The molecule has 4 rings (SSSR count). The van der Waals surface area contributed by atoms with Gasteiger partial charge in [0.15, 0.2) is 0 Å². The highest BCUT2D eigenvalue weighted by molar-refractivity contribution is 5.79. The standard InChI is InChI=1S/C23H28N2O/c1-17-14-21(18-8-3-2-4-9-18)15-22(24-17)20-12-7-13-25(16-20)23(26)19-10-5-6-11-19/h2-4,8-9,14-15,19-20H,5-7,10-13,16H2,1H3/t20-/m1/s1. The Bertz CT molecular complexity index is 765. The number of rotatable bonds is 3. The first-order chi connectivity index (χ1) is 12.7. The van der Waals surface area contributed by atoms with E-state index >= 15 is 0 Å². The maximum absolute atomic E-state index is 12.8. The van der Waals surface area contributed by atoms with Crippen LogP contribution in [0.2, 0.25) is 0 Å². The molecule has 1 amide bonds. The molecule has 1 saturated heterocycles. The predicted molar refractivity (Wildman–Crippen MR) is 105 cm³/mol. The summed E-state index contributed by atoms with van der Waals surface area (Å²) in [6, 6.07) is 14.9. The van der Waals surface area contributed by atoms with Crippen LogP contribution in [0.1, 0.15) is 55.8 Å². The number of hydrogen-bond donors (Lipinski definition) is 0. The van der Waals surface area contributed by atoms with E-state index in [-0.39, 0.29) is 5.92 Å². The average Bonchev–Trinajstić information content (AvgIpc) is 3.22. The Balaban J connectivity index is 1.55. The normalized spacial score (nSPS) is 21.1. The van der Waals surface area contributed by atoms with Gasteiger partial charge in [0.1, 0.15) is 0 Å². The van der Waals surface area contributed by atoms with Gasteiger partial charge >= 0.3 is 0 Å². The molecule has 3 nitrogen and oxygen atoms in total. The van der Waals surface area contributed by atoms with Crippen LogP contribution in [0.25, 0.3) is 11.1 Å². The molecule has 2 fully saturated rings. The van der Waals surface area contributed by atoms with Crippen LogP contribution in [0.15, 0.2) is 42.5 Å². The number of piperidine rings is 1. The highest BCUT2D eigenvalue weighted by Gasteiger charge is 2.31. The first-order valence-corrected chi connectivity index (χ1v) is 10.0. The summed E-state index contributed by atoms with van der Waals surface area (Å²) in [5, 5.41) is 0. The molecule has 26 heavy (non-hydrogen) atoms. The van der Waals surface area contributed by atoms with E-state index in [9.17, 15) is 4.79 Å². The molecule has 2 aromatic rings. The van der Waals surface area contributed by atoms with E-state index in [4.69, 9.17) is 4.98 Å². The molecule has 0 bridgehead atoms. The van der Waals surface area contributed by atoms with Crippen LogP contribution >= 0.6 is 0 Å². The van der Waals surface area contributed by atoms with Crippen LogP contribution in [-0.2, 0) is 4.79 Å². The number of amides is 1. The van der Waals surface area contributed by atoms with Crippen molar-refractivity contribution in [3.63, 3.8) is 0 Å². The van der Waals surface area contributed by atoms with Crippen molar-refractivity contribution in [3.8, 4) is 11.1 Å². The molecule has 1 aliphatic carbocycles. The highest BCUT2D eigenvalue weighted by Crippen LogP contribution is 2.32. The second kappa shape index (κ2) is 7.61. The zero-order chi connectivity index (χ0) is 17.9. The van der Waals surface area contributed by atoms with Gasteiger partial charge in [-0.1, -0.05) is 43.2 Å². The van der Waals surface area contributed by atoms with Crippen LogP contribution in [0.5, 0.6) is 0 Å². The molecule has 1 atom stereocenters. The first kappa shape index (κ1) is 17.3. The quantitative estimate of drug-likeness (QED) is 0.786. The molecule has 0 unspecified atom stereocenters. The summed E-state index contributed by atoms with van der Waals surface area (Å²) in [6.45, 7) is 3.82. The lowest BCUT2D eigenvalue weighted by molar-refractivity contribution is -0.136. The number of hydrogen-bond acceptors (Lipinski definition) is 2. The minimum absolute atomic E-state index is 0.277. The van der Waals surface area contributed by atoms with Crippen LogP contribution < -0.4 is 0 Å². The second-order valence-corrected chi connectivity index (χ2v) is 7.89. The Morgan fingerprint density at radius 2 is 1.77 bits per heavy atom. The largest absolute Gasteiger partial charge is 0.342 e. The Morgan fingerprint density at radius 3 is 2.54 bits per heavy atom. The molecule has 1 aliphatic heterocycles. The topological polar surface area (TPSA) is 33.2 Å². The molecule has 1 saturated carbocycles. The Kier molecular flexibility index (Phi) is 5.05. The van der Waals surface area contributed by atoms with Crippen molar-refractivity contribution in [1.82, 2.24) is 9.88 Å². The maximum atomic E-state index is 12.8. The molecule has 1 aromatic heterocycles. The summed E-state index contributed by atoms with van der Waals surface area (Å²) < 4.78 is 0. The fraction of sp³-hybridized carbons (Fsp3) is 0.478. The van der Waals surface area contributed by atoms with Gasteiger partial charge in [0.05, 0.1) is 0 Å². The van der Waals surface area contributed by atoms with Crippen LogP contribution in [0.4, 0.5) is 0 Å². The highest BCUT2D eigenvalue weighted by atomic mass is 16.2. The van der Waals surface area contributed by atoms with Crippen LogP contribution in [0.3, 0.4) is 0 Å². The van der Waals surface area contributed by atoms with Crippen molar-refractivity contribution in [2.75, 3.05) is 13.1 Å². The van der Waals surface area contributed by atoms with Crippen LogP contribution in [0, 0.1) is 12.8 Å². The van der Waals surface area contributed by atoms with Crippen molar-refractivity contribution < 1.29 is 4.79 Å². The molecular formula is C23H28N2O. The number of aryl methyl sites for hydroxylation is 1. The minimum atomic E-state index is 0.277. The Hall–Kier alpha value is -2.16. The van der Waals surface area contributed by atoms with E-state index < -0.39 is 0 Å². The SMILES string of the molecule is Cc1cc(-c2ccccc2)cc([C@@H]2CCCN(C(=O)C3CCCC3)C2)n1. The third-order valence-electron chi connectivity index (χ3n) is 5.94. The molecule has 1 aromatic carbocycles. The number of likely N-dealkylation sites (tertiary alicyclic amines) is 1. The number of carbonyl (C=O) groups is 1. The number of benzene rings is 1. The van der Waals surface area contributed by atoms with Gasteiger partial charge < -0.3 is 4.90 Å². The van der Waals surface area contributed by atoms with Gasteiger partial charge in [0, 0.05) is 36.3 Å². The summed E-state index contributed by atoms with van der Waals surface area (Å²) in [4.78, 5) is 19.8. The maximum Gasteiger partial charge on any atom is 0.225 e. The summed E-state index contributed by atoms with van der Waals surface area (Å²) in [6.07, 6.45) is 6.81. The molecule has 2 heterocycles. The number of carbonyl (C=O) groups excluding carboxylic acids is 1. The van der Waals surface area contributed by atoms with Gasteiger partial charge in [-0.25, -0.2) is 0 Å². The number of pyridine rings is 1. The van der Waals surface area contributed by atoms with E-state index in [1.54, 1.807) is 0 Å². The fourth-order valence-corrected chi connectivity index (χ4v) is 4.55. The lowest BCUT2D eigenvalue weighted by Crippen LogP contribution is -2.42. The molecule has 0 spiro atoms. The van der Waals surface area contributed by atoms with Gasteiger partial charge in [0.25, 0.3) is 0 Å². The summed E-state index contributed by atoms with van der Waals surface area (Å²) >= 11 is 0. The van der Waals surface area contributed by atoms with Crippen molar-refractivity contribution in [3.05, 3.63) is 53.9 Å². The molecule has 136 valence electrons. The Morgan fingerprint density at radius 1 is 1.00 bits per heavy atom. The second-order valence-electron chi connectivity index (χ2n) is 7.89. The van der Waals surface area contributed by atoms with Gasteiger partial charge in [-0.05, 0) is 55.9 Å². The third-order valence-corrected chi connectivity index (χ3v) is 5.94. The lowest BCUT2D eigenvalue weighted by atomic mass is 9.91. The first-order valence-electron chi connectivity index (χ1n) is 10.0. The van der Waals surface area contributed by atoms with Gasteiger partial charge in [-0.3, -0.25) is 9.78 Å². The van der Waals surface area contributed by atoms with E-state index in [0.717, 1.165) is 50.2 Å². The zero-order valence-corrected chi connectivity index (χ0v) is 15.7. The fourth-order valence-electron chi connectivity index (χ4n) is 4.55. The van der Waals surface area contributed by atoms with E-state index in [1.165, 1.54) is 24.0 Å². The number of aromatic nitrogens is 1. The molecule has 2 aliphatic rings. The molecule has 3 heteroatoms.